The molecular formula is C12H15BrN2OS. The molecule has 1 unspecified atom stereocenters. The Kier molecular flexibility index (Phi) is 4.01. The van der Waals surface area contributed by atoms with Crippen molar-refractivity contribution in [1.82, 2.24) is 0 Å². The van der Waals surface area contributed by atoms with Gasteiger partial charge in [-0.05, 0) is 47.0 Å². The van der Waals surface area contributed by atoms with Crippen molar-refractivity contribution in [2.24, 2.45) is 5.73 Å². The van der Waals surface area contributed by atoms with Crippen LogP contribution in [-0.4, -0.2) is 29.3 Å². The Labute approximate surface area is 115 Å². The molecule has 1 aliphatic heterocycles. The zero-order chi connectivity index (χ0) is 12.4. The summed E-state index contributed by atoms with van der Waals surface area (Å²) in [5.41, 5.74) is 7.53. The molecule has 1 aliphatic rings. The van der Waals surface area contributed by atoms with Crippen molar-refractivity contribution < 1.29 is 5.11 Å². The molecule has 92 valence electrons. The van der Waals surface area contributed by atoms with Crippen molar-refractivity contribution >= 4 is 38.8 Å². The quantitative estimate of drug-likeness (QED) is 0.820. The van der Waals surface area contributed by atoms with Gasteiger partial charge in [0.15, 0.2) is 0 Å². The monoisotopic (exact) mass is 314 g/mol. The minimum atomic E-state index is -0.231. The number of halogens is 1. The Morgan fingerprint density at radius 1 is 1.53 bits per heavy atom. The molecule has 0 aromatic heterocycles. The number of piperidine rings is 1. The second-order valence-corrected chi connectivity index (χ2v) is 5.57. The Bertz CT molecular complexity index is 439. The minimum Gasteiger partial charge on any atom is -0.391 e. The molecule has 1 atom stereocenters. The first-order valence-electron chi connectivity index (χ1n) is 5.60. The Morgan fingerprint density at radius 2 is 2.29 bits per heavy atom. The second kappa shape index (κ2) is 5.33. The van der Waals surface area contributed by atoms with Gasteiger partial charge in [0.2, 0.25) is 0 Å². The number of nitrogens with two attached hydrogens (primary N) is 1. The van der Waals surface area contributed by atoms with Crippen LogP contribution in [0.2, 0.25) is 0 Å². The average Bonchev–Trinajstić information content (AvgIpc) is 2.28. The molecule has 3 N–H and O–H groups in total. The van der Waals surface area contributed by atoms with Gasteiger partial charge in [0.05, 0.1) is 11.8 Å². The third-order valence-corrected chi connectivity index (χ3v) is 3.84. The summed E-state index contributed by atoms with van der Waals surface area (Å²) in [6.45, 7) is 1.66. The highest BCUT2D eigenvalue weighted by molar-refractivity contribution is 9.10. The maximum atomic E-state index is 9.68. The fraction of sp³-hybridized carbons (Fsp3) is 0.417. The molecule has 0 bridgehead atoms. The van der Waals surface area contributed by atoms with Crippen LogP contribution in [0.5, 0.6) is 0 Å². The van der Waals surface area contributed by atoms with E-state index in [1.807, 2.05) is 18.2 Å². The molecule has 0 aliphatic carbocycles. The van der Waals surface area contributed by atoms with Crippen LogP contribution in [0, 0.1) is 0 Å². The molecule has 1 heterocycles. The van der Waals surface area contributed by atoms with Gasteiger partial charge < -0.3 is 15.7 Å². The molecule has 0 saturated carbocycles. The van der Waals surface area contributed by atoms with E-state index in [0.29, 0.717) is 11.5 Å². The van der Waals surface area contributed by atoms with E-state index in [9.17, 15) is 5.11 Å². The SMILES string of the molecule is NC(=S)c1ccc(N2CCCC(O)C2)c(Br)c1. The van der Waals surface area contributed by atoms with Gasteiger partial charge in [-0.3, -0.25) is 0 Å². The average molecular weight is 315 g/mol. The molecule has 0 amide bonds. The standard InChI is InChI=1S/C12H15BrN2OS/c13-10-6-8(12(14)17)3-4-11(10)15-5-1-2-9(16)7-15/h3-4,6,9,16H,1-2,5,7H2,(H2,14,17). The lowest BCUT2D eigenvalue weighted by Gasteiger charge is -2.32. The summed E-state index contributed by atoms with van der Waals surface area (Å²) >= 11 is 8.48. The molecule has 0 spiro atoms. The van der Waals surface area contributed by atoms with Crippen LogP contribution >= 0.6 is 28.1 Å². The molecule has 0 radical (unpaired) electrons. The Morgan fingerprint density at radius 3 is 2.88 bits per heavy atom. The zero-order valence-electron chi connectivity index (χ0n) is 9.40. The van der Waals surface area contributed by atoms with E-state index in [4.69, 9.17) is 18.0 Å². The minimum absolute atomic E-state index is 0.231. The normalized spacial score (nSPS) is 20.4. The number of hydrogen-bond acceptors (Lipinski definition) is 3. The summed E-state index contributed by atoms with van der Waals surface area (Å²) in [6.07, 6.45) is 1.68. The summed E-state index contributed by atoms with van der Waals surface area (Å²) in [5, 5.41) is 9.68. The third kappa shape index (κ3) is 2.97. The number of thiocarbonyl (C=S) groups is 1. The van der Waals surface area contributed by atoms with E-state index in [1.54, 1.807) is 0 Å². The summed E-state index contributed by atoms with van der Waals surface area (Å²) in [7, 11) is 0. The highest BCUT2D eigenvalue weighted by Gasteiger charge is 2.19. The van der Waals surface area contributed by atoms with Crippen LogP contribution in [0.15, 0.2) is 22.7 Å². The number of nitrogens with zero attached hydrogens (tertiary/aromatic N) is 1. The van der Waals surface area contributed by atoms with Crippen LogP contribution in [0.4, 0.5) is 5.69 Å². The molecule has 1 aromatic carbocycles. The second-order valence-electron chi connectivity index (χ2n) is 4.27. The van der Waals surface area contributed by atoms with E-state index in [-0.39, 0.29) is 6.10 Å². The number of aliphatic hydroxyl groups is 1. The lowest BCUT2D eigenvalue weighted by molar-refractivity contribution is 0.154. The molecule has 17 heavy (non-hydrogen) atoms. The van der Waals surface area contributed by atoms with Crippen LogP contribution in [0.25, 0.3) is 0 Å². The van der Waals surface area contributed by atoms with Crippen LogP contribution in [-0.2, 0) is 0 Å². The molecule has 2 rings (SSSR count). The summed E-state index contributed by atoms with van der Waals surface area (Å²) in [4.78, 5) is 2.58. The number of aliphatic hydroxyl groups excluding tert-OH is 1. The summed E-state index contributed by atoms with van der Waals surface area (Å²) in [6, 6.07) is 5.85. The van der Waals surface area contributed by atoms with E-state index in [0.717, 1.165) is 35.1 Å². The summed E-state index contributed by atoms with van der Waals surface area (Å²) < 4.78 is 0.969. The first kappa shape index (κ1) is 12.8. The lowest BCUT2D eigenvalue weighted by Crippen LogP contribution is -2.38. The molecular weight excluding hydrogens is 300 g/mol. The largest absolute Gasteiger partial charge is 0.391 e. The fourth-order valence-corrected chi connectivity index (χ4v) is 2.85. The summed E-state index contributed by atoms with van der Waals surface area (Å²) in [5.74, 6) is 0. The van der Waals surface area contributed by atoms with Crippen molar-refractivity contribution in [3.63, 3.8) is 0 Å². The molecule has 1 aromatic rings. The Hall–Kier alpha value is -0.650. The predicted octanol–water partition coefficient (Wildman–Crippen LogP) is 2.04. The smallest absolute Gasteiger partial charge is 0.104 e. The predicted molar refractivity (Wildman–Crippen MR) is 77.5 cm³/mol. The van der Waals surface area contributed by atoms with E-state index >= 15 is 0 Å². The number of benzene rings is 1. The molecule has 1 saturated heterocycles. The van der Waals surface area contributed by atoms with Crippen molar-refractivity contribution in [3.8, 4) is 0 Å². The van der Waals surface area contributed by atoms with E-state index < -0.39 is 0 Å². The lowest BCUT2D eigenvalue weighted by atomic mass is 10.1. The highest BCUT2D eigenvalue weighted by Crippen LogP contribution is 2.29. The van der Waals surface area contributed by atoms with E-state index in [1.165, 1.54) is 0 Å². The number of rotatable bonds is 2. The fourth-order valence-electron chi connectivity index (χ4n) is 2.09. The molecule has 5 heteroatoms. The van der Waals surface area contributed by atoms with Gasteiger partial charge in [-0.1, -0.05) is 12.2 Å². The van der Waals surface area contributed by atoms with Gasteiger partial charge in [-0.2, -0.15) is 0 Å². The van der Waals surface area contributed by atoms with Gasteiger partial charge in [-0.25, -0.2) is 0 Å². The number of anilines is 1. The first-order valence-corrected chi connectivity index (χ1v) is 6.80. The van der Waals surface area contributed by atoms with Crippen LogP contribution < -0.4 is 10.6 Å². The maximum absolute atomic E-state index is 9.68. The van der Waals surface area contributed by atoms with Gasteiger partial charge >= 0.3 is 0 Å². The molecule has 3 nitrogen and oxygen atoms in total. The van der Waals surface area contributed by atoms with Crippen LogP contribution in [0.3, 0.4) is 0 Å². The number of hydrogen-bond donors (Lipinski definition) is 2. The van der Waals surface area contributed by atoms with Gasteiger partial charge in [-0.15, -0.1) is 0 Å². The Balaban J connectivity index is 2.23. The van der Waals surface area contributed by atoms with Crippen molar-refractivity contribution in [2.45, 2.75) is 18.9 Å². The van der Waals surface area contributed by atoms with E-state index in [2.05, 4.69) is 20.8 Å². The maximum Gasteiger partial charge on any atom is 0.104 e. The third-order valence-electron chi connectivity index (χ3n) is 2.97. The van der Waals surface area contributed by atoms with Crippen LogP contribution in [0.1, 0.15) is 18.4 Å². The molecule has 1 fully saturated rings. The van der Waals surface area contributed by atoms with Crippen molar-refractivity contribution in [2.75, 3.05) is 18.0 Å². The van der Waals surface area contributed by atoms with Gasteiger partial charge in [0.1, 0.15) is 4.99 Å². The van der Waals surface area contributed by atoms with Crippen molar-refractivity contribution in [1.29, 1.82) is 0 Å². The number of β-amino-alcohol motifs (C(OH)–C–C–N with tert-alkyl or cyclic N) is 1. The zero-order valence-corrected chi connectivity index (χ0v) is 11.8. The van der Waals surface area contributed by atoms with Crippen molar-refractivity contribution in [3.05, 3.63) is 28.2 Å². The topological polar surface area (TPSA) is 49.5 Å². The first-order chi connectivity index (χ1) is 8.08. The van der Waals surface area contributed by atoms with Gasteiger partial charge in [0, 0.05) is 23.1 Å². The highest BCUT2D eigenvalue weighted by atomic mass is 79.9. The van der Waals surface area contributed by atoms with Gasteiger partial charge in [0.25, 0.3) is 0 Å².